The van der Waals surface area contributed by atoms with E-state index in [4.69, 9.17) is 14.6 Å². The highest BCUT2D eigenvalue weighted by Crippen LogP contribution is 2.28. The first-order valence-electron chi connectivity index (χ1n) is 12.5. The minimum Gasteiger partial charge on any atom is -0.489 e. The fraction of sp³-hybridized carbons (Fsp3) is 0.194. The highest BCUT2D eigenvalue weighted by molar-refractivity contribution is 6.02. The van der Waals surface area contributed by atoms with Crippen LogP contribution in [0.15, 0.2) is 90.6 Å². The Kier molecular flexibility index (Phi) is 7.62. The maximum absolute atomic E-state index is 13.0. The first-order chi connectivity index (χ1) is 18.6. The average Bonchev–Trinajstić information content (AvgIpc) is 3.40. The molecule has 4 aromatic rings. The van der Waals surface area contributed by atoms with Gasteiger partial charge in [-0.15, -0.1) is 0 Å². The highest BCUT2D eigenvalue weighted by atomic mass is 16.5. The van der Waals surface area contributed by atoms with E-state index in [0.717, 1.165) is 22.6 Å². The third kappa shape index (κ3) is 5.83. The Hall–Kier alpha value is -4.67. The molecule has 5 rings (SSSR count). The zero-order chi connectivity index (χ0) is 26.3. The van der Waals surface area contributed by atoms with Crippen LogP contribution in [0.25, 0.3) is 23.0 Å². The third-order valence-electron chi connectivity index (χ3n) is 6.37. The maximum atomic E-state index is 13.0. The van der Waals surface area contributed by atoms with E-state index in [0.29, 0.717) is 44.2 Å². The van der Waals surface area contributed by atoms with E-state index >= 15 is 0 Å². The Morgan fingerprint density at radius 2 is 1.74 bits per heavy atom. The highest BCUT2D eigenvalue weighted by Gasteiger charge is 2.22. The van der Waals surface area contributed by atoms with E-state index in [1.165, 1.54) is 5.56 Å². The number of nitriles is 1. The van der Waals surface area contributed by atoms with Gasteiger partial charge in [-0.25, -0.2) is 4.68 Å². The van der Waals surface area contributed by atoms with Crippen LogP contribution in [-0.2, 0) is 16.1 Å². The molecule has 1 amide bonds. The van der Waals surface area contributed by atoms with Gasteiger partial charge in [0.1, 0.15) is 24.0 Å². The predicted molar refractivity (Wildman–Crippen MR) is 145 cm³/mol. The molecule has 1 saturated heterocycles. The zero-order valence-electron chi connectivity index (χ0n) is 21.2. The topological polar surface area (TPSA) is 80.4 Å². The molecule has 0 spiro atoms. The molecule has 1 fully saturated rings. The van der Waals surface area contributed by atoms with Crippen LogP contribution in [0.2, 0.25) is 0 Å². The summed E-state index contributed by atoms with van der Waals surface area (Å²) in [6.07, 6.45) is 3.47. The standard InChI is InChI=1S/C31H28N4O3/c1-23-7-9-24(10-8-23)22-38-29-13-11-25(12-14-29)30-27(21-35(33-30)28-5-3-2-4-6-28)19-26(20-32)31(36)34-15-17-37-18-16-34/h2-14,19,21H,15-18,22H2,1H3. The first kappa shape index (κ1) is 25.0. The third-order valence-corrected chi connectivity index (χ3v) is 6.37. The van der Waals surface area contributed by atoms with Crippen molar-refractivity contribution in [3.63, 3.8) is 0 Å². The Morgan fingerprint density at radius 1 is 1.03 bits per heavy atom. The van der Waals surface area contributed by atoms with Crippen LogP contribution in [0, 0.1) is 18.3 Å². The number of ether oxygens (including phenoxy) is 2. The first-order valence-corrected chi connectivity index (χ1v) is 12.5. The summed E-state index contributed by atoms with van der Waals surface area (Å²) in [5.41, 5.74) is 5.46. The number of rotatable bonds is 7. The van der Waals surface area contributed by atoms with Crippen molar-refractivity contribution in [2.45, 2.75) is 13.5 Å². The molecule has 38 heavy (non-hydrogen) atoms. The quantitative estimate of drug-likeness (QED) is 0.256. The molecule has 2 heterocycles. The van der Waals surface area contributed by atoms with Gasteiger partial charge in [0.05, 0.1) is 24.6 Å². The number of morpholine rings is 1. The number of aryl methyl sites for hydroxylation is 1. The molecule has 1 aromatic heterocycles. The van der Waals surface area contributed by atoms with Crippen molar-refractivity contribution in [2.75, 3.05) is 26.3 Å². The molecule has 0 bridgehead atoms. The second kappa shape index (κ2) is 11.6. The van der Waals surface area contributed by atoms with Gasteiger partial charge >= 0.3 is 0 Å². The summed E-state index contributed by atoms with van der Waals surface area (Å²) >= 11 is 0. The lowest BCUT2D eigenvalue weighted by molar-refractivity contribution is -0.130. The van der Waals surface area contributed by atoms with Crippen LogP contribution in [0.5, 0.6) is 5.75 Å². The molecular formula is C31H28N4O3. The van der Waals surface area contributed by atoms with Crippen LogP contribution in [0.3, 0.4) is 0 Å². The van der Waals surface area contributed by atoms with E-state index in [1.54, 1.807) is 15.7 Å². The van der Waals surface area contributed by atoms with Crippen LogP contribution in [-0.4, -0.2) is 46.9 Å². The number of aromatic nitrogens is 2. The van der Waals surface area contributed by atoms with E-state index in [2.05, 4.69) is 37.3 Å². The summed E-state index contributed by atoms with van der Waals surface area (Å²) in [4.78, 5) is 14.7. The minimum absolute atomic E-state index is 0.0683. The number of nitrogens with zero attached hydrogens (tertiary/aromatic N) is 4. The van der Waals surface area contributed by atoms with E-state index in [9.17, 15) is 10.1 Å². The van der Waals surface area contributed by atoms with Gasteiger partial charge in [0.2, 0.25) is 0 Å². The lowest BCUT2D eigenvalue weighted by Crippen LogP contribution is -2.41. The summed E-state index contributed by atoms with van der Waals surface area (Å²) in [5.74, 6) is 0.447. The van der Waals surface area contributed by atoms with Crippen molar-refractivity contribution in [2.24, 2.45) is 0 Å². The molecule has 0 aliphatic carbocycles. The summed E-state index contributed by atoms with van der Waals surface area (Å²) in [5, 5.41) is 14.7. The van der Waals surface area contributed by atoms with Crippen molar-refractivity contribution >= 4 is 12.0 Å². The lowest BCUT2D eigenvalue weighted by atomic mass is 10.1. The number of amides is 1. The fourth-order valence-electron chi connectivity index (χ4n) is 4.22. The van der Waals surface area contributed by atoms with E-state index < -0.39 is 0 Å². The van der Waals surface area contributed by atoms with Gasteiger partial charge in [-0.3, -0.25) is 4.79 Å². The van der Waals surface area contributed by atoms with Gasteiger partial charge in [-0.2, -0.15) is 10.4 Å². The maximum Gasteiger partial charge on any atom is 0.264 e. The van der Waals surface area contributed by atoms with Crippen molar-refractivity contribution in [1.29, 1.82) is 5.26 Å². The van der Waals surface area contributed by atoms with Gasteiger partial charge in [-0.05, 0) is 55.0 Å². The molecule has 1 aliphatic heterocycles. The SMILES string of the molecule is Cc1ccc(COc2ccc(-c3nn(-c4ccccc4)cc3C=C(C#N)C(=O)N3CCOCC3)cc2)cc1. The Labute approximate surface area is 222 Å². The fourth-order valence-corrected chi connectivity index (χ4v) is 4.22. The predicted octanol–water partition coefficient (Wildman–Crippen LogP) is 5.19. The molecule has 0 atom stereocenters. The van der Waals surface area contributed by atoms with Crippen molar-refractivity contribution < 1.29 is 14.3 Å². The van der Waals surface area contributed by atoms with Crippen molar-refractivity contribution in [3.8, 4) is 28.8 Å². The molecular weight excluding hydrogens is 476 g/mol. The van der Waals surface area contributed by atoms with Crippen LogP contribution in [0.1, 0.15) is 16.7 Å². The van der Waals surface area contributed by atoms with E-state index in [1.807, 2.05) is 60.8 Å². The summed E-state index contributed by atoms with van der Waals surface area (Å²) in [7, 11) is 0. The number of para-hydroxylation sites is 1. The van der Waals surface area contributed by atoms with E-state index in [-0.39, 0.29) is 11.5 Å². The number of hydrogen-bond donors (Lipinski definition) is 0. The molecule has 0 radical (unpaired) electrons. The zero-order valence-corrected chi connectivity index (χ0v) is 21.2. The molecule has 1 aliphatic rings. The largest absolute Gasteiger partial charge is 0.489 e. The summed E-state index contributed by atoms with van der Waals surface area (Å²) in [6.45, 7) is 4.42. The number of carbonyl (C=O) groups is 1. The smallest absolute Gasteiger partial charge is 0.264 e. The minimum atomic E-state index is -0.297. The molecule has 7 heteroatoms. The molecule has 3 aromatic carbocycles. The number of carbonyl (C=O) groups excluding carboxylic acids is 1. The summed E-state index contributed by atoms with van der Waals surface area (Å²) in [6, 6.07) is 27.8. The van der Waals surface area contributed by atoms with Crippen LogP contribution < -0.4 is 4.74 Å². The monoisotopic (exact) mass is 504 g/mol. The summed E-state index contributed by atoms with van der Waals surface area (Å²) < 4.78 is 13.1. The van der Waals surface area contributed by atoms with Gasteiger partial charge in [-0.1, -0.05) is 48.0 Å². The molecule has 0 N–H and O–H groups in total. The molecule has 190 valence electrons. The average molecular weight is 505 g/mol. The molecule has 0 saturated carbocycles. The molecule has 7 nitrogen and oxygen atoms in total. The Bertz CT molecular complexity index is 1460. The Balaban J connectivity index is 1.44. The second-order valence-electron chi connectivity index (χ2n) is 9.09. The van der Waals surface area contributed by atoms with Crippen molar-refractivity contribution in [3.05, 3.63) is 107 Å². The van der Waals surface area contributed by atoms with Gasteiger partial charge in [0, 0.05) is 30.4 Å². The Morgan fingerprint density at radius 3 is 2.42 bits per heavy atom. The van der Waals surface area contributed by atoms with Crippen molar-refractivity contribution in [1.82, 2.24) is 14.7 Å². The van der Waals surface area contributed by atoms with Gasteiger partial charge in [0.25, 0.3) is 5.91 Å². The second-order valence-corrected chi connectivity index (χ2v) is 9.09. The number of benzene rings is 3. The lowest BCUT2D eigenvalue weighted by Gasteiger charge is -2.26. The normalized spacial score (nSPS) is 13.7. The van der Waals surface area contributed by atoms with Crippen LogP contribution >= 0.6 is 0 Å². The molecule has 0 unspecified atom stereocenters. The van der Waals surface area contributed by atoms with Gasteiger partial charge in [0.15, 0.2) is 0 Å². The van der Waals surface area contributed by atoms with Crippen LogP contribution in [0.4, 0.5) is 0 Å². The van der Waals surface area contributed by atoms with Gasteiger partial charge < -0.3 is 14.4 Å². The number of hydrogen-bond acceptors (Lipinski definition) is 5.